The molecule has 106 valence electrons. The minimum atomic E-state index is -0.721. The van der Waals surface area contributed by atoms with Crippen LogP contribution in [-0.2, 0) is 4.79 Å². The summed E-state index contributed by atoms with van der Waals surface area (Å²) < 4.78 is 0. The third kappa shape index (κ3) is 5.16. The monoisotopic (exact) mass is 274 g/mol. The molecule has 1 rings (SSSR count). The van der Waals surface area contributed by atoms with Gasteiger partial charge in [0.2, 0.25) is 5.91 Å². The van der Waals surface area contributed by atoms with Crippen LogP contribution < -0.4 is 11.1 Å². The number of carbonyl (C=O) groups excluding carboxylic acids is 1. The van der Waals surface area contributed by atoms with Crippen molar-refractivity contribution in [3.05, 3.63) is 0 Å². The maximum Gasteiger partial charge on any atom is 0.237 e. The van der Waals surface area contributed by atoms with Gasteiger partial charge in [-0.15, -0.1) is 0 Å². The van der Waals surface area contributed by atoms with Crippen molar-refractivity contribution in [3.8, 4) is 0 Å². The Morgan fingerprint density at radius 1 is 1.56 bits per heavy atom. The fourth-order valence-electron chi connectivity index (χ4n) is 2.23. The number of thioether (sulfide) groups is 1. The van der Waals surface area contributed by atoms with Gasteiger partial charge >= 0.3 is 0 Å². The summed E-state index contributed by atoms with van der Waals surface area (Å²) in [6, 6.07) is -0.455. The Bertz CT molecular complexity index is 266. The Morgan fingerprint density at radius 2 is 2.17 bits per heavy atom. The van der Waals surface area contributed by atoms with Crippen LogP contribution in [0.5, 0.6) is 0 Å². The molecule has 1 atom stereocenters. The average molecular weight is 274 g/mol. The molecule has 0 aromatic rings. The molecule has 4 nitrogen and oxygen atoms in total. The fraction of sp³-hybridized carbons (Fsp3) is 0.923. The summed E-state index contributed by atoms with van der Waals surface area (Å²) in [4.78, 5) is 11.7. The van der Waals surface area contributed by atoms with Crippen molar-refractivity contribution in [2.24, 2.45) is 11.7 Å². The molecule has 5 heteroatoms. The molecule has 1 aliphatic carbocycles. The number of amides is 1. The largest absolute Gasteiger partial charge is 0.388 e. The van der Waals surface area contributed by atoms with E-state index in [9.17, 15) is 9.90 Å². The highest BCUT2D eigenvalue weighted by Gasteiger charge is 2.32. The second-order valence-corrected chi connectivity index (χ2v) is 6.50. The smallest absolute Gasteiger partial charge is 0.237 e. The summed E-state index contributed by atoms with van der Waals surface area (Å²) in [5.74, 6) is 1.43. The number of carbonyl (C=O) groups is 1. The van der Waals surface area contributed by atoms with Gasteiger partial charge < -0.3 is 16.2 Å². The summed E-state index contributed by atoms with van der Waals surface area (Å²) in [6.45, 7) is 2.54. The number of hydrogen-bond acceptors (Lipinski definition) is 4. The van der Waals surface area contributed by atoms with E-state index in [-0.39, 0.29) is 5.91 Å². The second-order valence-electron chi connectivity index (χ2n) is 5.51. The minimum Gasteiger partial charge on any atom is -0.388 e. The van der Waals surface area contributed by atoms with Crippen molar-refractivity contribution in [1.82, 2.24) is 5.32 Å². The molecule has 4 N–H and O–H groups in total. The third-order valence-electron chi connectivity index (χ3n) is 3.77. The molecule has 0 spiro atoms. The van der Waals surface area contributed by atoms with Crippen molar-refractivity contribution in [1.29, 1.82) is 0 Å². The van der Waals surface area contributed by atoms with Gasteiger partial charge in [-0.1, -0.05) is 6.92 Å². The lowest BCUT2D eigenvalue weighted by atomic mass is 9.79. The van der Waals surface area contributed by atoms with Gasteiger partial charge in [-0.3, -0.25) is 4.79 Å². The molecule has 1 fully saturated rings. The molecular formula is C13H26N2O2S. The van der Waals surface area contributed by atoms with Gasteiger partial charge in [0.05, 0.1) is 11.6 Å². The van der Waals surface area contributed by atoms with Gasteiger partial charge in [-0.05, 0) is 50.0 Å². The molecule has 0 aliphatic heterocycles. The first-order valence-corrected chi connectivity index (χ1v) is 8.11. The highest BCUT2D eigenvalue weighted by atomic mass is 32.2. The van der Waals surface area contributed by atoms with Crippen LogP contribution in [0.3, 0.4) is 0 Å². The van der Waals surface area contributed by atoms with Crippen LogP contribution in [0, 0.1) is 5.92 Å². The van der Waals surface area contributed by atoms with E-state index in [1.54, 1.807) is 11.8 Å². The van der Waals surface area contributed by atoms with Crippen molar-refractivity contribution >= 4 is 17.7 Å². The first-order chi connectivity index (χ1) is 8.47. The molecule has 0 bridgehead atoms. The summed E-state index contributed by atoms with van der Waals surface area (Å²) >= 11 is 1.68. The minimum absolute atomic E-state index is 0.143. The Hall–Kier alpha value is -0.260. The SMILES string of the molecule is CSCC[C@H](N)C(=O)NCC1(O)CCC(C)CC1. The van der Waals surface area contributed by atoms with E-state index in [1.165, 1.54) is 0 Å². The molecule has 0 unspecified atom stereocenters. The summed E-state index contributed by atoms with van der Waals surface area (Å²) in [7, 11) is 0. The third-order valence-corrected chi connectivity index (χ3v) is 4.41. The lowest BCUT2D eigenvalue weighted by molar-refractivity contribution is -0.124. The van der Waals surface area contributed by atoms with Gasteiger partial charge in [0.25, 0.3) is 0 Å². The zero-order valence-corrected chi connectivity index (χ0v) is 12.3. The number of nitrogens with two attached hydrogens (primary N) is 1. The zero-order valence-electron chi connectivity index (χ0n) is 11.4. The van der Waals surface area contributed by atoms with E-state index in [4.69, 9.17) is 5.73 Å². The molecular weight excluding hydrogens is 248 g/mol. The fourth-order valence-corrected chi connectivity index (χ4v) is 2.72. The average Bonchev–Trinajstić information content (AvgIpc) is 2.37. The zero-order chi connectivity index (χ0) is 13.6. The van der Waals surface area contributed by atoms with Crippen LogP contribution in [0.25, 0.3) is 0 Å². The van der Waals surface area contributed by atoms with E-state index >= 15 is 0 Å². The lowest BCUT2D eigenvalue weighted by Gasteiger charge is -2.35. The topological polar surface area (TPSA) is 75.4 Å². The normalized spacial score (nSPS) is 29.9. The molecule has 0 heterocycles. The molecule has 18 heavy (non-hydrogen) atoms. The quantitative estimate of drug-likeness (QED) is 0.678. The van der Waals surface area contributed by atoms with E-state index in [1.807, 2.05) is 6.26 Å². The Balaban J connectivity index is 2.29. The van der Waals surface area contributed by atoms with E-state index in [0.717, 1.165) is 31.4 Å². The van der Waals surface area contributed by atoms with Crippen LogP contribution in [-0.4, -0.2) is 41.2 Å². The molecule has 0 radical (unpaired) electrons. The second kappa shape index (κ2) is 7.36. The van der Waals surface area contributed by atoms with Crippen LogP contribution in [0.2, 0.25) is 0 Å². The molecule has 0 saturated heterocycles. The summed E-state index contributed by atoms with van der Waals surface area (Å²) in [6.07, 6.45) is 6.29. The molecule has 1 aliphatic rings. The van der Waals surface area contributed by atoms with E-state index in [0.29, 0.717) is 18.9 Å². The predicted octanol–water partition coefficient (Wildman–Crippen LogP) is 1.12. The number of rotatable bonds is 6. The molecule has 0 aromatic heterocycles. The number of aliphatic hydroxyl groups is 1. The van der Waals surface area contributed by atoms with Gasteiger partial charge in [0.15, 0.2) is 0 Å². The standard InChI is InChI=1S/C13H26N2O2S/c1-10-3-6-13(17,7-4-10)9-15-12(16)11(14)5-8-18-2/h10-11,17H,3-9,14H2,1-2H3,(H,15,16)/t10?,11-,13?/m0/s1. The van der Waals surface area contributed by atoms with Crippen molar-refractivity contribution in [3.63, 3.8) is 0 Å². The van der Waals surface area contributed by atoms with Gasteiger partial charge in [0, 0.05) is 6.54 Å². The van der Waals surface area contributed by atoms with Gasteiger partial charge in [-0.25, -0.2) is 0 Å². The maximum absolute atomic E-state index is 11.7. The van der Waals surface area contributed by atoms with Crippen molar-refractivity contribution in [2.45, 2.75) is 50.7 Å². The van der Waals surface area contributed by atoms with Crippen LogP contribution in [0.1, 0.15) is 39.0 Å². The highest BCUT2D eigenvalue weighted by Crippen LogP contribution is 2.31. The Morgan fingerprint density at radius 3 is 2.72 bits per heavy atom. The van der Waals surface area contributed by atoms with Crippen molar-refractivity contribution < 1.29 is 9.90 Å². The first-order valence-electron chi connectivity index (χ1n) is 6.71. The van der Waals surface area contributed by atoms with E-state index in [2.05, 4.69) is 12.2 Å². The summed E-state index contributed by atoms with van der Waals surface area (Å²) in [5, 5.41) is 13.1. The predicted molar refractivity (Wildman–Crippen MR) is 76.6 cm³/mol. The van der Waals surface area contributed by atoms with Crippen molar-refractivity contribution in [2.75, 3.05) is 18.6 Å². The number of hydrogen-bond donors (Lipinski definition) is 3. The summed E-state index contributed by atoms with van der Waals surface area (Å²) in [5.41, 5.74) is 5.06. The molecule has 1 saturated carbocycles. The van der Waals surface area contributed by atoms with Crippen LogP contribution in [0.15, 0.2) is 0 Å². The molecule has 0 aromatic carbocycles. The van der Waals surface area contributed by atoms with Crippen LogP contribution >= 0.6 is 11.8 Å². The Kier molecular flexibility index (Phi) is 6.46. The highest BCUT2D eigenvalue weighted by molar-refractivity contribution is 7.98. The number of nitrogens with one attached hydrogen (secondary N) is 1. The van der Waals surface area contributed by atoms with Gasteiger partial charge in [0.1, 0.15) is 0 Å². The van der Waals surface area contributed by atoms with Gasteiger partial charge in [-0.2, -0.15) is 11.8 Å². The Labute approximate surface area is 114 Å². The maximum atomic E-state index is 11.7. The molecule has 1 amide bonds. The lowest BCUT2D eigenvalue weighted by Crippen LogP contribution is -2.49. The first kappa shape index (κ1) is 15.8. The van der Waals surface area contributed by atoms with E-state index < -0.39 is 11.6 Å². The van der Waals surface area contributed by atoms with Crippen LogP contribution in [0.4, 0.5) is 0 Å².